The monoisotopic (exact) mass is 942 g/mol. The molecule has 1 aliphatic rings. The van der Waals surface area contributed by atoms with E-state index in [1.54, 1.807) is 0 Å². The number of aliphatic imine (C=N–C) groups is 2. The normalized spacial score (nSPS) is 15.2. The summed E-state index contributed by atoms with van der Waals surface area (Å²) in [5.41, 5.74) is 11.2. The summed E-state index contributed by atoms with van der Waals surface area (Å²) in [6, 6.07) is 62.7. The number of benzene rings is 10. The predicted molar refractivity (Wildman–Crippen MR) is 300 cm³/mol. The number of aliphatic hydroxyl groups is 2. The van der Waals surface area contributed by atoms with Crippen molar-refractivity contribution >= 4 is 55.5 Å². The molecule has 0 spiro atoms. The van der Waals surface area contributed by atoms with Crippen molar-refractivity contribution in [1.29, 1.82) is 0 Å². The molecule has 0 aromatic heterocycles. The molecule has 10 aromatic rings. The molecule has 0 saturated heterocycles. The fourth-order valence-electron chi connectivity index (χ4n) is 11.1. The van der Waals surface area contributed by atoms with Crippen molar-refractivity contribution in [3.63, 3.8) is 0 Å². The number of phenolic OH excluding ortho intramolecular Hbond substituents is 2. The van der Waals surface area contributed by atoms with Crippen LogP contribution in [0.25, 0.3) is 87.6 Å². The Kier molecular flexibility index (Phi) is 13.4. The molecule has 1 fully saturated rings. The fraction of sp³-hybridized carbons (Fsp3) is 0.182. The largest absolute Gasteiger partial charge is 0.507 e. The number of rotatable bonds is 14. The van der Waals surface area contributed by atoms with E-state index in [0.717, 1.165) is 137 Å². The van der Waals surface area contributed by atoms with E-state index in [-0.39, 0.29) is 36.8 Å². The van der Waals surface area contributed by atoms with Gasteiger partial charge in [0.2, 0.25) is 0 Å². The zero-order chi connectivity index (χ0) is 49.0. The molecule has 1 saturated carbocycles. The molecule has 0 radical (unpaired) electrons. The van der Waals surface area contributed by atoms with Crippen molar-refractivity contribution in [2.75, 3.05) is 13.2 Å². The first-order valence-electron chi connectivity index (χ1n) is 25.5. The lowest BCUT2D eigenvalue weighted by Crippen LogP contribution is -2.27. The van der Waals surface area contributed by atoms with Crippen molar-refractivity contribution in [2.45, 2.75) is 63.5 Å². The molecule has 0 amide bonds. The minimum Gasteiger partial charge on any atom is -0.507 e. The number of nitrogens with zero attached hydrogens (tertiary/aromatic N) is 2. The van der Waals surface area contributed by atoms with Crippen molar-refractivity contribution in [3.05, 3.63) is 204 Å². The van der Waals surface area contributed by atoms with Gasteiger partial charge in [-0.1, -0.05) is 183 Å². The molecular formula is C66H58N2O4. The van der Waals surface area contributed by atoms with Gasteiger partial charge in [0.05, 0.1) is 12.1 Å². The second-order valence-electron chi connectivity index (χ2n) is 19.3. The molecule has 2 atom stereocenters. The van der Waals surface area contributed by atoms with Gasteiger partial charge in [-0.3, -0.25) is 9.98 Å². The molecule has 0 heterocycles. The van der Waals surface area contributed by atoms with Crippen molar-refractivity contribution in [1.82, 2.24) is 0 Å². The van der Waals surface area contributed by atoms with Gasteiger partial charge in [-0.15, -0.1) is 0 Å². The van der Waals surface area contributed by atoms with Gasteiger partial charge in [0.1, 0.15) is 11.5 Å². The molecule has 10 aromatic carbocycles. The van der Waals surface area contributed by atoms with Crippen LogP contribution in [0.15, 0.2) is 192 Å². The van der Waals surface area contributed by atoms with Gasteiger partial charge in [0.15, 0.2) is 0 Å². The smallest absolute Gasteiger partial charge is 0.132 e. The van der Waals surface area contributed by atoms with Crippen LogP contribution in [0, 0.1) is 0 Å². The van der Waals surface area contributed by atoms with Gasteiger partial charge in [-0.05, 0) is 127 Å². The molecule has 72 heavy (non-hydrogen) atoms. The lowest BCUT2D eigenvalue weighted by molar-refractivity contribution is 0.288. The fourth-order valence-corrected chi connectivity index (χ4v) is 11.1. The third-order valence-corrected chi connectivity index (χ3v) is 14.7. The van der Waals surface area contributed by atoms with E-state index in [4.69, 9.17) is 9.98 Å². The highest BCUT2D eigenvalue weighted by molar-refractivity contribution is 6.16. The van der Waals surface area contributed by atoms with Crippen molar-refractivity contribution in [2.24, 2.45) is 9.98 Å². The second-order valence-corrected chi connectivity index (χ2v) is 19.3. The highest BCUT2D eigenvalue weighted by atomic mass is 16.3. The Labute approximate surface area is 421 Å². The van der Waals surface area contributed by atoms with Gasteiger partial charge >= 0.3 is 0 Å². The molecule has 4 N–H and O–H groups in total. The van der Waals surface area contributed by atoms with E-state index in [2.05, 4.69) is 170 Å². The van der Waals surface area contributed by atoms with Crippen LogP contribution in [0.1, 0.15) is 60.8 Å². The van der Waals surface area contributed by atoms with Crippen LogP contribution >= 0.6 is 0 Å². The van der Waals surface area contributed by atoms with E-state index in [1.807, 2.05) is 24.6 Å². The quantitative estimate of drug-likeness (QED) is 0.0815. The Hall–Kier alpha value is -7.90. The molecule has 6 nitrogen and oxygen atoms in total. The number of aryl methyl sites for hydroxylation is 2. The Bertz CT molecular complexity index is 3420. The van der Waals surface area contributed by atoms with Crippen molar-refractivity contribution in [3.8, 4) is 56.0 Å². The third kappa shape index (κ3) is 9.16. The third-order valence-electron chi connectivity index (χ3n) is 14.7. The highest BCUT2D eigenvalue weighted by Crippen LogP contribution is 2.49. The van der Waals surface area contributed by atoms with E-state index in [0.29, 0.717) is 24.0 Å². The van der Waals surface area contributed by atoms with Gasteiger partial charge in [0, 0.05) is 59.0 Å². The SMILES string of the molecule is OCCCc1ccc2c(-c3c(-c4ccccc4)ccc4ccccc34)c(O)c(C=N[C@H]3CCCC[C@@H]3N=Cc3cc4cc(CCCO)ccc4c(-c4c(-c5ccccc5)ccc5ccccc45)c3O)cc2c1. The maximum Gasteiger partial charge on any atom is 0.132 e. The first kappa shape index (κ1) is 46.5. The molecule has 356 valence electrons. The number of aliphatic hydroxyl groups excluding tert-OH is 2. The summed E-state index contributed by atoms with van der Waals surface area (Å²) in [6.45, 7) is 0.233. The Morgan fingerprint density at radius 1 is 0.403 bits per heavy atom. The van der Waals surface area contributed by atoms with E-state index >= 15 is 0 Å². The number of phenols is 2. The van der Waals surface area contributed by atoms with Crippen molar-refractivity contribution < 1.29 is 20.4 Å². The zero-order valence-corrected chi connectivity index (χ0v) is 40.4. The molecule has 0 bridgehead atoms. The summed E-state index contributed by atoms with van der Waals surface area (Å²) in [6.07, 6.45) is 10.2. The molecule has 0 aliphatic heterocycles. The maximum atomic E-state index is 12.7. The minimum absolute atomic E-state index is 0.117. The molecule has 6 heteroatoms. The molecule has 0 unspecified atom stereocenters. The Balaban J connectivity index is 1.03. The summed E-state index contributed by atoms with van der Waals surface area (Å²) < 4.78 is 0. The topological polar surface area (TPSA) is 106 Å². The Morgan fingerprint density at radius 2 is 0.806 bits per heavy atom. The zero-order valence-electron chi connectivity index (χ0n) is 40.4. The predicted octanol–water partition coefficient (Wildman–Crippen LogP) is 15.1. The maximum absolute atomic E-state index is 12.7. The second kappa shape index (κ2) is 20.8. The van der Waals surface area contributed by atoms with Gasteiger partial charge in [-0.25, -0.2) is 0 Å². The summed E-state index contributed by atoms with van der Waals surface area (Å²) in [5.74, 6) is 0.350. The summed E-state index contributed by atoms with van der Waals surface area (Å²) in [5, 5.41) is 53.0. The van der Waals surface area contributed by atoms with Crippen LogP contribution in [0.2, 0.25) is 0 Å². The number of hydrogen-bond acceptors (Lipinski definition) is 6. The number of hydrogen-bond donors (Lipinski definition) is 4. The Morgan fingerprint density at radius 3 is 1.24 bits per heavy atom. The first-order valence-corrected chi connectivity index (χ1v) is 25.5. The van der Waals surface area contributed by atoms with Gasteiger partial charge < -0.3 is 20.4 Å². The average molecular weight is 943 g/mol. The van der Waals surface area contributed by atoms with Gasteiger partial charge in [-0.2, -0.15) is 0 Å². The lowest BCUT2D eigenvalue weighted by Gasteiger charge is -2.26. The summed E-state index contributed by atoms with van der Waals surface area (Å²) in [4.78, 5) is 10.6. The van der Waals surface area contributed by atoms with Crippen LogP contribution in [0.4, 0.5) is 0 Å². The standard InChI is InChI=1S/C66H58N2O4/c69-35-13-15-43-27-31-57-49(37-43)39-51(65(71)63(57)61-53-23-9-7-21-47(53)29-33-55(61)45-17-3-1-4-18-45)41-67-59-25-11-12-26-60(59)68-42-52-40-50-38-44(16-14-36-70)28-32-58(50)64(66(52)72)62-54-24-10-8-22-48(54)30-34-56(62)46-19-5-2-6-20-46/h1-10,17-24,27-34,37-42,59-60,69-72H,11-16,25-26,35-36H2/t59-,60-/m0/s1. The van der Waals surface area contributed by atoms with E-state index < -0.39 is 0 Å². The summed E-state index contributed by atoms with van der Waals surface area (Å²) >= 11 is 0. The van der Waals surface area contributed by atoms with Crippen LogP contribution in [-0.4, -0.2) is 58.2 Å². The van der Waals surface area contributed by atoms with Crippen LogP contribution < -0.4 is 0 Å². The minimum atomic E-state index is -0.156. The number of aromatic hydroxyl groups is 2. The molecular weight excluding hydrogens is 885 g/mol. The van der Waals surface area contributed by atoms with Crippen LogP contribution in [-0.2, 0) is 12.8 Å². The first-order chi connectivity index (χ1) is 35.5. The van der Waals surface area contributed by atoms with E-state index in [9.17, 15) is 20.4 Å². The highest BCUT2D eigenvalue weighted by Gasteiger charge is 2.26. The van der Waals surface area contributed by atoms with Crippen LogP contribution in [0.3, 0.4) is 0 Å². The number of fused-ring (bicyclic) bond motifs is 4. The molecule has 1 aliphatic carbocycles. The summed E-state index contributed by atoms with van der Waals surface area (Å²) in [7, 11) is 0. The van der Waals surface area contributed by atoms with Gasteiger partial charge in [0.25, 0.3) is 0 Å². The van der Waals surface area contributed by atoms with E-state index in [1.165, 1.54) is 0 Å². The van der Waals surface area contributed by atoms with Crippen LogP contribution in [0.5, 0.6) is 11.5 Å². The average Bonchev–Trinajstić information content (AvgIpc) is 3.43. The lowest BCUT2D eigenvalue weighted by atomic mass is 9.85. The molecule has 11 rings (SSSR count).